The Morgan fingerprint density at radius 1 is 0.442 bits per heavy atom. The molecule has 0 saturated carbocycles. The maximum atomic E-state index is 7.13. The zero-order valence-corrected chi connectivity index (χ0v) is 24.7. The number of hydrogen-bond acceptors (Lipinski definition) is 12. The molecular weight excluding hydrogens is 635 g/mol. The molecule has 0 bridgehead atoms. The molecule has 1 radical (unpaired) electrons. The molecule has 17 heteroatoms. The largest absolute Gasteiger partial charge is 2.00 e. The molecule has 0 fully saturated rings. The minimum Gasteiger partial charge on any atom is -0.753 e. The van der Waals surface area contributed by atoms with Crippen LogP contribution < -0.4 is 0 Å². The molecule has 14 nitrogen and oxygen atoms in total. The van der Waals surface area contributed by atoms with E-state index in [2.05, 4.69) is 64.8 Å². The van der Waals surface area contributed by atoms with Crippen LogP contribution in [-0.2, 0) is 28.0 Å². The second kappa shape index (κ2) is 21.6. The van der Waals surface area contributed by atoms with Crippen molar-refractivity contribution in [2.75, 3.05) is 0 Å². The first-order chi connectivity index (χ1) is 19.7. The summed E-state index contributed by atoms with van der Waals surface area (Å²) in [6.45, 7) is 0. The van der Waals surface area contributed by atoms with Crippen molar-refractivity contribution < 1.29 is 36.9 Å². The molecule has 0 aliphatic carbocycles. The number of hydrogen-bond donors (Lipinski definition) is 0. The fourth-order valence-electron chi connectivity index (χ4n) is 2.89. The molecule has 0 aliphatic heterocycles. The van der Waals surface area contributed by atoms with Crippen LogP contribution in [0.1, 0.15) is 0 Å². The smallest absolute Gasteiger partial charge is 0.753 e. The van der Waals surface area contributed by atoms with E-state index in [1.165, 1.54) is 10.3 Å². The second-order valence-corrected chi connectivity index (χ2v) is 7.32. The van der Waals surface area contributed by atoms with Crippen LogP contribution in [0.15, 0.2) is 107 Å². The molecule has 6 aromatic heterocycles. The van der Waals surface area contributed by atoms with Crippen molar-refractivity contribution >= 4 is 34.8 Å². The molecule has 0 unspecified atom stereocenters. The quantitative estimate of drug-likeness (QED) is 0.114. The van der Waals surface area contributed by atoms with E-state index in [4.69, 9.17) is 19.7 Å². The third-order valence-electron chi connectivity index (χ3n) is 4.56. The molecule has 0 aromatic carbocycles. The summed E-state index contributed by atoms with van der Waals surface area (Å²) in [6, 6.07) is 14.6. The van der Waals surface area contributed by atoms with E-state index in [0.29, 0.717) is 23.6 Å². The molecule has 0 amide bonds. The number of aromatic nitrogens is 8. The van der Waals surface area contributed by atoms with E-state index >= 15 is 0 Å². The fourth-order valence-corrected chi connectivity index (χ4v) is 2.89. The third-order valence-corrected chi connectivity index (χ3v) is 4.56. The van der Waals surface area contributed by atoms with Gasteiger partial charge in [0, 0.05) is 71.8 Å². The van der Waals surface area contributed by atoms with Gasteiger partial charge >= 0.3 is 17.1 Å². The summed E-state index contributed by atoms with van der Waals surface area (Å²) < 4.78 is 11.2. The zero-order chi connectivity index (χ0) is 28.4. The normalized spacial score (nSPS) is 8.56. The number of nitrogens with zero attached hydrogens (tertiary/aromatic N) is 10. The molecule has 6 heterocycles. The molecular formula is C26H22MnN10O4S2+2. The number of isothiocyanates is 2. The Labute approximate surface area is 265 Å². The third kappa shape index (κ3) is 12.1. The van der Waals surface area contributed by atoms with Crippen LogP contribution in [0, 0.1) is 0 Å². The SMILES string of the molecule is [Mn+2].[N-]=C=S.[N-]=C=S.[OH3+].[OH3+].c1cc(-c2nnc(-c3ccncc3)o2)ccn1.c1cc(-c2nnc(-c3ccncc3)o2)ccn1. The Balaban J connectivity index is 0.000000656. The number of rotatable bonds is 4. The maximum Gasteiger partial charge on any atom is 2.00 e. The minimum atomic E-state index is 0. The first kappa shape index (κ1) is 37.9. The van der Waals surface area contributed by atoms with E-state index in [1.807, 2.05) is 48.5 Å². The van der Waals surface area contributed by atoms with Gasteiger partial charge in [-0.1, -0.05) is 24.4 Å². The van der Waals surface area contributed by atoms with Gasteiger partial charge < -0.3 is 30.6 Å². The van der Waals surface area contributed by atoms with E-state index in [1.54, 1.807) is 49.6 Å². The van der Waals surface area contributed by atoms with Crippen LogP contribution in [0.3, 0.4) is 0 Å². The topological polar surface area (TPSA) is 240 Å². The molecule has 0 saturated heterocycles. The van der Waals surface area contributed by atoms with Crippen molar-refractivity contribution in [2.24, 2.45) is 0 Å². The summed E-state index contributed by atoms with van der Waals surface area (Å²) in [7, 11) is 0. The summed E-state index contributed by atoms with van der Waals surface area (Å²) >= 11 is 7.40. The van der Waals surface area contributed by atoms with Gasteiger partial charge in [-0.15, -0.1) is 20.4 Å². The van der Waals surface area contributed by atoms with Gasteiger partial charge in [-0.25, -0.2) is 0 Å². The van der Waals surface area contributed by atoms with Crippen molar-refractivity contribution in [3.8, 4) is 45.8 Å². The molecule has 0 aliphatic rings. The van der Waals surface area contributed by atoms with Crippen molar-refractivity contribution in [1.82, 2.24) is 40.3 Å². The van der Waals surface area contributed by atoms with Crippen LogP contribution in [0.4, 0.5) is 0 Å². The van der Waals surface area contributed by atoms with Crippen LogP contribution >= 0.6 is 24.4 Å². The predicted molar refractivity (Wildman–Crippen MR) is 163 cm³/mol. The monoisotopic (exact) mass is 657 g/mol. The van der Waals surface area contributed by atoms with E-state index in [9.17, 15) is 0 Å². The van der Waals surface area contributed by atoms with Crippen molar-refractivity contribution in [3.05, 3.63) is 109 Å². The van der Waals surface area contributed by atoms with Gasteiger partial charge in [-0.05, 0) is 48.5 Å². The standard InChI is InChI=1S/2C12H8N4O.2CNS.Mn.2H2O/c2*1-5-13-6-2-9(1)11-15-16-12(17-11)10-3-7-14-8-4-10;2*2-1-3;;;/h2*1-8H;;;;2*1H2/q;;2*-1;+2;;/p+2. The van der Waals surface area contributed by atoms with Crippen LogP contribution in [0.2, 0.25) is 0 Å². The summed E-state index contributed by atoms with van der Waals surface area (Å²) in [4.78, 5) is 15.8. The molecule has 6 N–H and O–H groups in total. The van der Waals surface area contributed by atoms with Gasteiger partial charge in [0.15, 0.2) is 0 Å². The minimum absolute atomic E-state index is 0. The van der Waals surface area contributed by atoms with Gasteiger partial charge in [0.05, 0.1) is 0 Å². The van der Waals surface area contributed by atoms with Crippen LogP contribution in [0.5, 0.6) is 0 Å². The summed E-state index contributed by atoms with van der Waals surface area (Å²) in [6.07, 6.45) is 13.5. The summed E-state index contributed by atoms with van der Waals surface area (Å²) in [5.74, 6) is 1.94. The predicted octanol–water partition coefficient (Wildman–Crippen LogP) is 3.86. The molecule has 43 heavy (non-hydrogen) atoms. The van der Waals surface area contributed by atoms with Gasteiger partial charge in [0.1, 0.15) is 0 Å². The Kier molecular flexibility index (Phi) is 19.1. The number of thiocarbonyl (C=S) groups is 2. The maximum absolute atomic E-state index is 7.13. The van der Waals surface area contributed by atoms with Crippen LogP contribution in [-0.4, -0.2) is 50.7 Å². The average Bonchev–Trinajstić information content (AvgIpc) is 3.72. The zero-order valence-electron chi connectivity index (χ0n) is 21.9. The van der Waals surface area contributed by atoms with E-state index in [-0.39, 0.29) is 28.0 Å². The van der Waals surface area contributed by atoms with E-state index < -0.39 is 0 Å². The van der Waals surface area contributed by atoms with Gasteiger partial charge in [0.2, 0.25) is 23.6 Å². The first-order valence-electron chi connectivity index (χ1n) is 11.0. The fraction of sp³-hybridized carbons (Fsp3) is 0. The van der Waals surface area contributed by atoms with Gasteiger partial charge in [0.25, 0.3) is 0 Å². The average molecular weight is 658 g/mol. The summed E-state index contributed by atoms with van der Waals surface area (Å²) in [5, 5.41) is 32.9. The van der Waals surface area contributed by atoms with Crippen molar-refractivity contribution in [3.63, 3.8) is 0 Å². The number of pyridine rings is 4. The Bertz CT molecular complexity index is 1420. The molecule has 217 valence electrons. The van der Waals surface area contributed by atoms with Crippen molar-refractivity contribution in [1.29, 1.82) is 0 Å². The second-order valence-electron chi connectivity index (χ2n) is 6.95. The Hall–Kier alpha value is -5.08. The summed E-state index contributed by atoms with van der Waals surface area (Å²) in [5.41, 5.74) is 3.42. The molecule has 6 rings (SSSR count). The molecule has 0 spiro atoms. The Morgan fingerprint density at radius 2 is 0.605 bits per heavy atom. The van der Waals surface area contributed by atoms with Gasteiger partial charge in [-0.2, -0.15) is 10.3 Å². The van der Waals surface area contributed by atoms with Crippen LogP contribution in [0.25, 0.3) is 56.6 Å². The van der Waals surface area contributed by atoms with Crippen molar-refractivity contribution in [2.45, 2.75) is 0 Å². The Morgan fingerprint density at radius 3 is 0.767 bits per heavy atom. The molecule has 6 aromatic rings. The van der Waals surface area contributed by atoms with E-state index in [0.717, 1.165) is 22.3 Å². The molecule has 0 atom stereocenters. The van der Waals surface area contributed by atoms with Gasteiger partial charge in [-0.3, -0.25) is 19.9 Å². The first-order valence-corrected chi connectivity index (χ1v) is 11.8.